The molecule has 1 heterocycles. The minimum absolute atomic E-state index is 0.273. The molecule has 0 radical (unpaired) electrons. The number of halogens is 1. The Morgan fingerprint density at radius 3 is 2.61 bits per heavy atom. The van der Waals surface area contributed by atoms with Gasteiger partial charge in [-0.2, -0.15) is 0 Å². The Bertz CT molecular complexity index is 1210. The van der Waals surface area contributed by atoms with Crippen molar-refractivity contribution >= 4 is 5.69 Å². The van der Waals surface area contributed by atoms with Gasteiger partial charge in [0.1, 0.15) is 12.4 Å². The quantitative estimate of drug-likeness (QED) is 0.290. The van der Waals surface area contributed by atoms with Crippen molar-refractivity contribution in [2.75, 3.05) is 44.8 Å². The van der Waals surface area contributed by atoms with Gasteiger partial charge in [-0.1, -0.05) is 36.8 Å². The number of benzene rings is 3. The molecule has 1 unspecified atom stereocenters. The van der Waals surface area contributed by atoms with Crippen molar-refractivity contribution in [3.63, 3.8) is 0 Å². The number of hydrogen-bond donors (Lipinski definition) is 0. The summed E-state index contributed by atoms with van der Waals surface area (Å²) in [6.45, 7) is 7.34. The predicted octanol–water partition coefficient (Wildman–Crippen LogP) is 7.00. The fourth-order valence-corrected chi connectivity index (χ4v) is 6.06. The van der Waals surface area contributed by atoms with Gasteiger partial charge in [0.25, 0.3) is 0 Å². The van der Waals surface area contributed by atoms with Crippen molar-refractivity contribution in [3.8, 4) is 11.5 Å². The summed E-state index contributed by atoms with van der Waals surface area (Å²) in [4.78, 5) is 4.78. The summed E-state index contributed by atoms with van der Waals surface area (Å²) in [5.74, 6) is 1.48. The molecule has 0 N–H and O–H groups in total. The molecule has 0 aromatic heterocycles. The second-order valence-corrected chi connectivity index (χ2v) is 10.7. The van der Waals surface area contributed by atoms with E-state index >= 15 is 0 Å². The van der Waals surface area contributed by atoms with E-state index in [-0.39, 0.29) is 5.82 Å². The van der Waals surface area contributed by atoms with Crippen LogP contribution in [-0.4, -0.2) is 44.8 Å². The van der Waals surface area contributed by atoms with Gasteiger partial charge in [0.2, 0.25) is 0 Å². The summed E-state index contributed by atoms with van der Waals surface area (Å²) >= 11 is 0. The predicted molar refractivity (Wildman–Crippen MR) is 153 cm³/mol. The van der Waals surface area contributed by atoms with Crippen molar-refractivity contribution in [2.24, 2.45) is 0 Å². The summed E-state index contributed by atoms with van der Waals surface area (Å²) in [6.07, 6.45) is 7.03. The SMILES string of the molecule is CCN(Cc1ccc(OCCN2CCCCC2)c(F)c1)c1ccccc1C1CCc2cc(OC)ccc2C1. The molecule has 0 saturated carbocycles. The fourth-order valence-electron chi connectivity index (χ4n) is 6.06. The zero-order chi connectivity index (χ0) is 26.3. The van der Waals surface area contributed by atoms with E-state index in [0.717, 1.165) is 56.8 Å². The third kappa shape index (κ3) is 6.32. The van der Waals surface area contributed by atoms with Crippen LogP contribution in [0, 0.1) is 5.82 Å². The largest absolute Gasteiger partial charge is 0.497 e. The maximum absolute atomic E-state index is 15.0. The number of rotatable bonds is 10. The zero-order valence-electron chi connectivity index (χ0n) is 22.9. The van der Waals surface area contributed by atoms with E-state index in [0.29, 0.717) is 24.8 Å². The van der Waals surface area contributed by atoms with Gasteiger partial charge in [0, 0.05) is 25.3 Å². The highest BCUT2D eigenvalue weighted by atomic mass is 19.1. The third-order valence-corrected chi connectivity index (χ3v) is 8.22. The average molecular weight is 517 g/mol. The first kappa shape index (κ1) is 26.6. The molecular weight excluding hydrogens is 475 g/mol. The van der Waals surface area contributed by atoms with Crippen LogP contribution in [0.1, 0.15) is 60.8 Å². The highest BCUT2D eigenvalue weighted by Crippen LogP contribution is 2.38. The number of likely N-dealkylation sites (tertiary alicyclic amines) is 1. The normalized spacial score (nSPS) is 17.6. The molecular formula is C33H41FN2O2. The Labute approximate surface area is 227 Å². The van der Waals surface area contributed by atoms with Crippen LogP contribution in [0.5, 0.6) is 11.5 Å². The van der Waals surface area contributed by atoms with Crippen LogP contribution in [0.4, 0.5) is 10.1 Å². The van der Waals surface area contributed by atoms with Crippen molar-refractivity contribution < 1.29 is 13.9 Å². The molecule has 4 nitrogen and oxygen atoms in total. The topological polar surface area (TPSA) is 24.9 Å². The van der Waals surface area contributed by atoms with E-state index < -0.39 is 0 Å². The zero-order valence-corrected chi connectivity index (χ0v) is 22.9. The van der Waals surface area contributed by atoms with Crippen LogP contribution in [0.15, 0.2) is 60.7 Å². The van der Waals surface area contributed by atoms with E-state index in [1.807, 2.05) is 6.07 Å². The van der Waals surface area contributed by atoms with Gasteiger partial charge < -0.3 is 14.4 Å². The Hall–Kier alpha value is -3.05. The lowest BCUT2D eigenvalue weighted by molar-refractivity contribution is 0.180. The summed E-state index contributed by atoms with van der Waals surface area (Å²) in [7, 11) is 1.73. The number of fused-ring (bicyclic) bond motifs is 1. The van der Waals surface area contributed by atoms with Gasteiger partial charge in [0.05, 0.1) is 7.11 Å². The second-order valence-electron chi connectivity index (χ2n) is 10.7. The number of nitrogens with zero attached hydrogens (tertiary/aromatic N) is 2. The highest BCUT2D eigenvalue weighted by molar-refractivity contribution is 5.56. The first-order valence-electron chi connectivity index (χ1n) is 14.3. The van der Waals surface area contributed by atoms with Gasteiger partial charge in [0.15, 0.2) is 11.6 Å². The standard InChI is InChI=1S/C33H41FN2O2/c1-3-36(24-25-11-16-33(31(34)21-25)38-20-19-35-17-7-4-8-18-35)32-10-6-5-9-30(32)28-13-12-27-23-29(37-2)15-14-26(27)22-28/h5-6,9-11,14-16,21,23,28H,3-4,7-8,12-13,17-20,22,24H2,1-2H3. The first-order valence-corrected chi connectivity index (χ1v) is 14.3. The minimum Gasteiger partial charge on any atom is -0.497 e. The van der Waals surface area contributed by atoms with Gasteiger partial charge in [-0.25, -0.2) is 4.39 Å². The molecule has 5 rings (SSSR count). The highest BCUT2D eigenvalue weighted by Gasteiger charge is 2.24. The van der Waals surface area contributed by atoms with Crippen LogP contribution < -0.4 is 14.4 Å². The molecule has 1 fully saturated rings. The van der Waals surface area contributed by atoms with E-state index in [2.05, 4.69) is 59.2 Å². The maximum atomic E-state index is 15.0. The lowest BCUT2D eigenvalue weighted by Crippen LogP contribution is -2.33. The van der Waals surface area contributed by atoms with E-state index in [9.17, 15) is 4.39 Å². The lowest BCUT2D eigenvalue weighted by atomic mass is 9.79. The first-order chi connectivity index (χ1) is 18.6. The molecule has 2 aliphatic rings. The van der Waals surface area contributed by atoms with Crippen LogP contribution >= 0.6 is 0 Å². The summed E-state index contributed by atoms with van der Waals surface area (Å²) < 4.78 is 26.2. The van der Waals surface area contributed by atoms with Crippen molar-refractivity contribution in [3.05, 3.63) is 88.7 Å². The summed E-state index contributed by atoms with van der Waals surface area (Å²) in [5.41, 5.74) is 6.41. The van der Waals surface area contributed by atoms with Crippen molar-refractivity contribution in [1.82, 2.24) is 4.90 Å². The Morgan fingerprint density at radius 1 is 0.974 bits per heavy atom. The van der Waals surface area contributed by atoms with Crippen LogP contribution in [0.3, 0.4) is 0 Å². The minimum atomic E-state index is -0.273. The second kappa shape index (κ2) is 12.7. The molecule has 3 aromatic rings. The van der Waals surface area contributed by atoms with Crippen LogP contribution in [-0.2, 0) is 19.4 Å². The van der Waals surface area contributed by atoms with Crippen molar-refractivity contribution in [1.29, 1.82) is 0 Å². The third-order valence-electron chi connectivity index (χ3n) is 8.22. The number of ether oxygens (including phenoxy) is 2. The summed E-state index contributed by atoms with van der Waals surface area (Å²) in [5, 5.41) is 0. The molecule has 1 saturated heterocycles. The Kier molecular flexibility index (Phi) is 8.85. The molecule has 1 atom stereocenters. The Morgan fingerprint density at radius 2 is 1.82 bits per heavy atom. The molecule has 0 spiro atoms. The number of piperidine rings is 1. The molecule has 3 aromatic carbocycles. The molecule has 38 heavy (non-hydrogen) atoms. The Balaban J connectivity index is 1.25. The van der Waals surface area contributed by atoms with Gasteiger partial charge in [-0.05, 0) is 111 Å². The number of anilines is 1. The summed E-state index contributed by atoms with van der Waals surface area (Å²) in [6, 6.07) is 20.7. The molecule has 0 bridgehead atoms. The van der Waals surface area contributed by atoms with E-state index in [4.69, 9.17) is 9.47 Å². The number of aryl methyl sites for hydroxylation is 1. The van der Waals surface area contributed by atoms with E-state index in [1.165, 1.54) is 41.6 Å². The average Bonchev–Trinajstić information content (AvgIpc) is 2.97. The van der Waals surface area contributed by atoms with E-state index in [1.54, 1.807) is 19.2 Å². The molecule has 0 amide bonds. The van der Waals surface area contributed by atoms with Gasteiger partial charge in [-0.3, -0.25) is 4.90 Å². The maximum Gasteiger partial charge on any atom is 0.165 e. The molecule has 1 aliphatic carbocycles. The number of methoxy groups -OCH3 is 1. The van der Waals surface area contributed by atoms with Crippen molar-refractivity contribution in [2.45, 2.75) is 57.9 Å². The molecule has 5 heteroatoms. The molecule has 202 valence electrons. The van der Waals surface area contributed by atoms with Crippen LogP contribution in [0.25, 0.3) is 0 Å². The van der Waals surface area contributed by atoms with Crippen LogP contribution in [0.2, 0.25) is 0 Å². The fraction of sp³-hybridized carbons (Fsp3) is 0.455. The number of hydrogen-bond acceptors (Lipinski definition) is 4. The smallest absolute Gasteiger partial charge is 0.165 e. The van der Waals surface area contributed by atoms with Gasteiger partial charge >= 0.3 is 0 Å². The number of para-hydroxylation sites is 1. The monoisotopic (exact) mass is 516 g/mol. The lowest BCUT2D eigenvalue weighted by Gasteiger charge is -2.31. The molecule has 1 aliphatic heterocycles. The van der Waals surface area contributed by atoms with Gasteiger partial charge in [-0.15, -0.1) is 0 Å².